The zero-order chi connectivity index (χ0) is 6.69. The molecule has 0 saturated heterocycles. The maximum atomic E-state index is 5.13. The van der Waals surface area contributed by atoms with Crippen molar-refractivity contribution >= 4 is 5.90 Å². The zero-order valence-electron chi connectivity index (χ0n) is 5.76. The quantitative estimate of drug-likeness (QED) is 0.542. The summed E-state index contributed by atoms with van der Waals surface area (Å²) < 4.78 is 10.1. The Morgan fingerprint density at radius 3 is 3.00 bits per heavy atom. The Kier molecular flexibility index (Phi) is 2.05. The van der Waals surface area contributed by atoms with Gasteiger partial charge < -0.3 is 9.47 Å². The van der Waals surface area contributed by atoms with Crippen molar-refractivity contribution < 1.29 is 9.47 Å². The maximum absolute atomic E-state index is 5.13. The van der Waals surface area contributed by atoms with Gasteiger partial charge in [-0.3, -0.25) is 0 Å². The SMILES string of the molecule is COC(C)C1=NCCO1. The lowest BCUT2D eigenvalue weighted by atomic mass is 10.4. The topological polar surface area (TPSA) is 30.8 Å². The van der Waals surface area contributed by atoms with Gasteiger partial charge in [0.2, 0.25) is 5.90 Å². The molecule has 1 atom stereocenters. The summed E-state index contributed by atoms with van der Waals surface area (Å²) >= 11 is 0. The monoisotopic (exact) mass is 129 g/mol. The van der Waals surface area contributed by atoms with E-state index < -0.39 is 0 Å². The molecule has 1 aliphatic rings. The minimum atomic E-state index is 0.0208. The van der Waals surface area contributed by atoms with E-state index in [9.17, 15) is 0 Å². The first-order chi connectivity index (χ1) is 4.34. The van der Waals surface area contributed by atoms with E-state index in [1.54, 1.807) is 7.11 Å². The highest BCUT2D eigenvalue weighted by molar-refractivity contribution is 5.81. The molecule has 0 amide bonds. The highest BCUT2D eigenvalue weighted by Crippen LogP contribution is 2.00. The van der Waals surface area contributed by atoms with Crippen LogP contribution in [0.4, 0.5) is 0 Å². The van der Waals surface area contributed by atoms with Crippen LogP contribution in [0, 0.1) is 0 Å². The van der Waals surface area contributed by atoms with Crippen molar-refractivity contribution in [3.05, 3.63) is 0 Å². The van der Waals surface area contributed by atoms with Crippen LogP contribution in [0.25, 0.3) is 0 Å². The van der Waals surface area contributed by atoms with Crippen LogP contribution in [-0.4, -0.2) is 32.3 Å². The summed E-state index contributed by atoms with van der Waals surface area (Å²) in [5.41, 5.74) is 0. The van der Waals surface area contributed by atoms with E-state index in [-0.39, 0.29) is 6.10 Å². The number of ether oxygens (including phenoxy) is 2. The largest absolute Gasteiger partial charge is 0.477 e. The van der Waals surface area contributed by atoms with Crippen molar-refractivity contribution in [3.63, 3.8) is 0 Å². The van der Waals surface area contributed by atoms with Crippen LogP contribution in [0.1, 0.15) is 6.92 Å². The number of nitrogens with zero attached hydrogens (tertiary/aromatic N) is 1. The third kappa shape index (κ3) is 1.42. The van der Waals surface area contributed by atoms with Gasteiger partial charge in [-0.25, -0.2) is 4.99 Å². The molecule has 0 fully saturated rings. The molecule has 0 spiro atoms. The van der Waals surface area contributed by atoms with Crippen LogP contribution >= 0.6 is 0 Å². The fraction of sp³-hybridized carbons (Fsp3) is 0.833. The van der Waals surface area contributed by atoms with Gasteiger partial charge >= 0.3 is 0 Å². The van der Waals surface area contributed by atoms with E-state index in [0.717, 1.165) is 12.4 Å². The van der Waals surface area contributed by atoms with Crippen LogP contribution in [0.3, 0.4) is 0 Å². The number of rotatable bonds is 2. The lowest BCUT2D eigenvalue weighted by molar-refractivity contribution is 0.146. The number of aliphatic imine (C=N–C) groups is 1. The minimum absolute atomic E-state index is 0.0208. The average Bonchev–Trinajstić information content (AvgIpc) is 2.37. The highest BCUT2D eigenvalue weighted by atomic mass is 16.5. The van der Waals surface area contributed by atoms with Gasteiger partial charge in [-0.05, 0) is 6.92 Å². The molecule has 0 N–H and O–H groups in total. The Labute approximate surface area is 54.7 Å². The fourth-order valence-corrected chi connectivity index (χ4v) is 0.698. The second kappa shape index (κ2) is 2.82. The van der Waals surface area contributed by atoms with Crippen LogP contribution in [0.2, 0.25) is 0 Å². The van der Waals surface area contributed by atoms with Gasteiger partial charge in [0.05, 0.1) is 6.54 Å². The second-order valence-corrected chi connectivity index (χ2v) is 1.95. The van der Waals surface area contributed by atoms with Gasteiger partial charge in [0, 0.05) is 7.11 Å². The van der Waals surface area contributed by atoms with E-state index in [0.29, 0.717) is 6.61 Å². The van der Waals surface area contributed by atoms with Crippen molar-refractivity contribution in [3.8, 4) is 0 Å². The van der Waals surface area contributed by atoms with E-state index in [4.69, 9.17) is 9.47 Å². The summed E-state index contributed by atoms with van der Waals surface area (Å²) in [4.78, 5) is 4.08. The summed E-state index contributed by atoms with van der Waals surface area (Å²) in [6.45, 7) is 3.41. The van der Waals surface area contributed by atoms with Gasteiger partial charge in [-0.15, -0.1) is 0 Å². The van der Waals surface area contributed by atoms with E-state index >= 15 is 0 Å². The van der Waals surface area contributed by atoms with Crippen molar-refractivity contribution in [1.82, 2.24) is 0 Å². The molecule has 0 saturated carbocycles. The van der Waals surface area contributed by atoms with Crippen LogP contribution < -0.4 is 0 Å². The Hall–Kier alpha value is -0.570. The predicted octanol–water partition coefficient (Wildman–Crippen LogP) is 0.450. The van der Waals surface area contributed by atoms with E-state index in [2.05, 4.69) is 4.99 Å². The summed E-state index contributed by atoms with van der Waals surface area (Å²) in [5.74, 6) is 0.734. The molecule has 3 heteroatoms. The Bertz CT molecular complexity index is 122. The van der Waals surface area contributed by atoms with Crippen molar-refractivity contribution in [2.75, 3.05) is 20.3 Å². The third-order valence-electron chi connectivity index (χ3n) is 1.31. The molecule has 1 heterocycles. The van der Waals surface area contributed by atoms with Gasteiger partial charge in [0.1, 0.15) is 12.7 Å². The van der Waals surface area contributed by atoms with Gasteiger partial charge in [-0.1, -0.05) is 0 Å². The molecule has 1 rings (SSSR count). The summed E-state index contributed by atoms with van der Waals surface area (Å²) in [6, 6.07) is 0. The molecule has 0 aromatic heterocycles. The normalized spacial score (nSPS) is 20.9. The molecular weight excluding hydrogens is 118 g/mol. The highest BCUT2D eigenvalue weighted by Gasteiger charge is 2.13. The van der Waals surface area contributed by atoms with Crippen molar-refractivity contribution in [2.45, 2.75) is 13.0 Å². The van der Waals surface area contributed by atoms with E-state index in [1.807, 2.05) is 6.92 Å². The molecule has 52 valence electrons. The first-order valence-corrected chi connectivity index (χ1v) is 3.04. The van der Waals surface area contributed by atoms with Crippen molar-refractivity contribution in [2.24, 2.45) is 4.99 Å². The van der Waals surface area contributed by atoms with Crippen LogP contribution in [0.15, 0.2) is 4.99 Å². The predicted molar refractivity (Wildman–Crippen MR) is 34.7 cm³/mol. The Morgan fingerprint density at radius 1 is 1.78 bits per heavy atom. The number of hydrogen-bond acceptors (Lipinski definition) is 3. The molecule has 3 nitrogen and oxygen atoms in total. The summed E-state index contributed by atoms with van der Waals surface area (Å²) in [6.07, 6.45) is 0.0208. The molecule has 0 aromatic carbocycles. The Morgan fingerprint density at radius 2 is 2.56 bits per heavy atom. The van der Waals surface area contributed by atoms with Gasteiger partial charge in [-0.2, -0.15) is 0 Å². The lowest BCUT2D eigenvalue weighted by Crippen LogP contribution is -2.18. The molecular formula is C6H11NO2. The van der Waals surface area contributed by atoms with Crippen molar-refractivity contribution in [1.29, 1.82) is 0 Å². The summed E-state index contributed by atoms with van der Waals surface area (Å²) in [5, 5.41) is 0. The molecule has 9 heavy (non-hydrogen) atoms. The molecule has 0 bridgehead atoms. The molecule has 1 unspecified atom stereocenters. The lowest BCUT2D eigenvalue weighted by Gasteiger charge is -2.07. The standard InChI is InChI=1S/C6H11NO2/c1-5(8-2)6-7-3-4-9-6/h5H,3-4H2,1-2H3. The second-order valence-electron chi connectivity index (χ2n) is 1.95. The van der Waals surface area contributed by atoms with Gasteiger partial charge in [0.15, 0.2) is 0 Å². The Balaban J connectivity index is 2.40. The number of hydrogen-bond donors (Lipinski definition) is 0. The minimum Gasteiger partial charge on any atom is -0.477 e. The van der Waals surface area contributed by atoms with E-state index in [1.165, 1.54) is 0 Å². The fourth-order valence-electron chi connectivity index (χ4n) is 0.698. The molecule has 0 radical (unpaired) electrons. The third-order valence-corrected chi connectivity index (χ3v) is 1.31. The molecule has 0 aromatic rings. The maximum Gasteiger partial charge on any atom is 0.213 e. The zero-order valence-corrected chi connectivity index (χ0v) is 5.76. The molecule has 0 aliphatic carbocycles. The average molecular weight is 129 g/mol. The van der Waals surface area contributed by atoms with Gasteiger partial charge in [0.25, 0.3) is 0 Å². The van der Waals surface area contributed by atoms with Crippen LogP contribution in [-0.2, 0) is 9.47 Å². The smallest absolute Gasteiger partial charge is 0.213 e. The van der Waals surface area contributed by atoms with Crippen LogP contribution in [0.5, 0.6) is 0 Å². The number of methoxy groups -OCH3 is 1. The first kappa shape index (κ1) is 6.55. The first-order valence-electron chi connectivity index (χ1n) is 3.04. The summed E-state index contributed by atoms with van der Waals surface area (Å²) in [7, 11) is 1.65. The molecule has 1 aliphatic heterocycles.